The summed E-state index contributed by atoms with van der Waals surface area (Å²) in [6, 6.07) is 5.04. The minimum Gasteiger partial charge on any atom is -0.362 e. The summed E-state index contributed by atoms with van der Waals surface area (Å²) in [5.74, 6) is -0.383. The Hall–Kier alpha value is -3.44. The van der Waals surface area contributed by atoms with Gasteiger partial charge in [-0.1, -0.05) is 6.92 Å². The summed E-state index contributed by atoms with van der Waals surface area (Å²) in [6.07, 6.45) is -4.01. The quantitative estimate of drug-likeness (QED) is 0.524. The molecule has 166 valence electrons. The van der Waals surface area contributed by atoms with Crippen LogP contribution in [0.1, 0.15) is 29.4 Å². The van der Waals surface area contributed by atoms with Crippen molar-refractivity contribution in [1.82, 2.24) is 14.7 Å². The van der Waals surface area contributed by atoms with E-state index in [1.807, 2.05) is 6.92 Å². The molecule has 0 spiro atoms. The van der Waals surface area contributed by atoms with E-state index in [0.29, 0.717) is 19.0 Å². The number of amides is 1. The summed E-state index contributed by atoms with van der Waals surface area (Å²) in [7, 11) is 0. The number of anilines is 1. The lowest BCUT2D eigenvalue weighted by Gasteiger charge is -2.35. The number of rotatable bonds is 5. The summed E-state index contributed by atoms with van der Waals surface area (Å²) in [5.41, 5.74) is -1.85. The number of piperazine rings is 1. The first-order chi connectivity index (χ1) is 14.6. The van der Waals surface area contributed by atoms with Crippen molar-refractivity contribution in [3.63, 3.8) is 0 Å². The van der Waals surface area contributed by atoms with Crippen molar-refractivity contribution in [2.45, 2.75) is 26.1 Å². The Morgan fingerprint density at radius 2 is 1.84 bits per heavy atom. The number of hydrogen-bond acceptors (Lipinski definition) is 6. The molecule has 1 amide bonds. The molecule has 1 fully saturated rings. The standard InChI is InChI=1S/C19H20F3N5O4/c1-2-7-26-17(28)6-4-14(23-26)18(29)25-10-8-24(9-11-25)15-5-3-13(19(20,21)22)12-16(15)27(30)31/h3-6,12H,2,7-11H2,1H3. The maximum atomic E-state index is 12.9. The Morgan fingerprint density at radius 1 is 1.16 bits per heavy atom. The smallest absolute Gasteiger partial charge is 0.362 e. The zero-order valence-corrected chi connectivity index (χ0v) is 16.6. The van der Waals surface area contributed by atoms with E-state index in [0.717, 1.165) is 12.1 Å². The van der Waals surface area contributed by atoms with E-state index in [2.05, 4.69) is 5.10 Å². The summed E-state index contributed by atoms with van der Waals surface area (Å²) in [6.45, 7) is 3.06. The molecule has 0 N–H and O–H groups in total. The maximum absolute atomic E-state index is 12.9. The molecule has 0 unspecified atom stereocenters. The van der Waals surface area contributed by atoms with Gasteiger partial charge in [-0.2, -0.15) is 18.3 Å². The van der Waals surface area contributed by atoms with Crippen molar-refractivity contribution in [3.05, 3.63) is 62.1 Å². The van der Waals surface area contributed by atoms with Crippen LogP contribution in [0.25, 0.3) is 0 Å². The average Bonchev–Trinajstić information content (AvgIpc) is 2.74. The molecule has 0 atom stereocenters. The van der Waals surface area contributed by atoms with Gasteiger partial charge in [0, 0.05) is 44.9 Å². The van der Waals surface area contributed by atoms with Gasteiger partial charge in [-0.3, -0.25) is 19.7 Å². The summed E-state index contributed by atoms with van der Waals surface area (Å²) >= 11 is 0. The lowest BCUT2D eigenvalue weighted by molar-refractivity contribution is -0.384. The Balaban J connectivity index is 1.75. The first-order valence-corrected chi connectivity index (χ1v) is 9.60. The molecule has 31 heavy (non-hydrogen) atoms. The fourth-order valence-corrected chi connectivity index (χ4v) is 3.36. The number of hydrogen-bond donors (Lipinski definition) is 0. The van der Waals surface area contributed by atoms with Gasteiger partial charge in [0.05, 0.1) is 10.5 Å². The van der Waals surface area contributed by atoms with Gasteiger partial charge < -0.3 is 9.80 Å². The van der Waals surface area contributed by atoms with E-state index in [9.17, 15) is 32.9 Å². The number of aromatic nitrogens is 2. The third-order valence-corrected chi connectivity index (χ3v) is 4.93. The molecule has 2 aromatic rings. The number of carbonyl (C=O) groups excluding carboxylic acids is 1. The van der Waals surface area contributed by atoms with Gasteiger partial charge in [0.1, 0.15) is 11.4 Å². The third kappa shape index (κ3) is 4.84. The van der Waals surface area contributed by atoms with E-state index in [1.165, 1.54) is 21.7 Å². The van der Waals surface area contributed by atoms with Crippen molar-refractivity contribution in [1.29, 1.82) is 0 Å². The minimum absolute atomic E-state index is 0.0692. The van der Waals surface area contributed by atoms with Crippen molar-refractivity contribution < 1.29 is 22.9 Å². The number of halogens is 3. The first kappa shape index (κ1) is 22.2. The van der Waals surface area contributed by atoms with Crippen LogP contribution in [0.2, 0.25) is 0 Å². The van der Waals surface area contributed by atoms with Crippen molar-refractivity contribution in [3.8, 4) is 0 Å². The van der Waals surface area contributed by atoms with Crippen molar-refractivity contribution in [2.24, 2.45) is 0 Å². The Morgan fingerprint density at radius 3 is 2.42 bits per heavy atom. The van der Waals surface area contributed by atoms with Gasteiger partial charge in [-0.15, -0.1) is 0 Å². The summed E-state index contributed by atoms with van der Waals surface area (Å²) in [4.78, 5) is 38.1. The van der Waals surface area contributed by atoms with E-state index in [1.54, 1.807) is 4.90 Å². The molecule has 1 aromatic heterocycles. The molecule has 0 saturated carbocycles. The van der Waals surface area contributed by atoms with Crippen LogP contribution in [0.15, 0.2) is 35.1 Å². The molecule has 0 radical (unpaired) electrons. The molecular formula is C19H20F3N5O4. The zero-order chi connectivity index (χ0) is 22.8. The lowest BCUT2D eigenvalue weighted by atomic mass is 10.1. The number of nitro benzene ring substituents is 1. The van der Waals surface area contributed by atoms with Crippen LogP contribution in [0.3, 0.4) is 0 Å². The minimum atomic E-state index is -4.68. The SMILES string of the molecule is CCCn1nc(C(=O)N2CCN(c3ccc(C(F)(F)F)cc3[N+](=O)[O-])CC2)ccc1=O. The topological polar surface area (TPSA) is 102 Å². The molecule has 1 aliphatic rings. The van der Waals surface area contributed by atoms with Crippen molar-refractivity contribution >= 4 is 17.3 Å². The predicted molar refractivity (Wildman–Crippen MR) is 105 cm³/mol. The highest BCUT2D eigenvalue weighted by Gasteiger charge is 2.34. The second kappa shape index (κ2) is 8.74. The highest BCUT2D eigenvalue weighted by molar-refractivity contribution is 5.92. The number of carbonyl (C=O) groups is 1. The fraction of sp³-hybridized carbons (Fsp3) is 0.421. The van der Waals surface area contributed by atoms with Gasteiger partial charge >= 0.3 is 6.18 Å². The predicted octanol–water partition coefficient (Wildman–Crippen LogP) is 2.54. The van der Waals surface area contributed by atoms with Crippen LogP contribution in [0, 0.1) is 10.1 Å². The van der Waals surface area contributed by atoms with Crippen LogP contribution in [0.5, 0.6) is 0 Å². The second-order valence-corrected chi connectivity index (χ2v) is 7.02. The summed E-state index contributed by atoms with van der Waals surface area (Å²) < 4.78 is 39.9. The molecule has 2 heterocycles. The molecule has 12 heteroatoms. The van der Waals surface area contributed by atoms with Crippen LogP contribution in [-0.4, -0.2) is 51.7 Å². The Kier molecular flexibility index (Phi) is 6.27. The van der Waals surface area contributed by atoms with Crippen molar-refractivity contribution in [2.75, 3.05) is 31.1 Å². The van der Waals surface area contributed by atoms with Crippen LogP contribution >= 0.6 is 0 Å². The summed E-state index contributed by atoms with van der Waals surface area (Å²) in [5, 5.41) is 15.4. The van der Waals surface area contributed by atoms with E-state index in [4.69, 9.17) is 0 Å². The first-order valence-electron chi connectivity index (χ1n) is 9.60. The largest absolute Gasteiger partial charge is 0.416 e. The van der Waals surface area contributed by atoms with Gasteiger partial charge in [0.15, 0.2) is 0 Å². The van der Waals surface area contributed by atoms with Gasteiger partial charge in [0.2, 0.25) is 0 Å². The molecule has 1 saturated heterocycles. The highest BCUT2D eigenvalue weighted by Crippen LogP contribution is 2.36. The molecule has 0 aliphatic carbocycles. The number of aryl methyl sites for hydroxylation is 1. The molecule has 0 bridgehead atoms. The molecule has 1 aromatic carbocycles. The maximum Gasteiger partial charge on any atom is 0.416 e. The molecule has 1 aliphatic heterocycles. The van der Waals surface area contributed by atoms with Crippen LogP contribution in [0.4, 0.5) is 24.5 Å². The molecular weight excluding hydrogens is 419 g/mol. The number of nitrogens with zero attached hydrogens (tertiary/aromatic N) is 5. The van der Waals surface area contributed by atoms with Crippen LogP contribution < -0.4 is 10.5 Å². The van der Waals surface area contributed by atoms with Crippen LogP contribution in [-0.2, 0) is 12.7 Å². The lowest BCUT2D eigenvalue weighted by Crippen LogP contribution is -2.49. The highest BCUT2D eigenvalue weighted by atomic mass is 19.4. The zero-order valence-electron chi connectivity index (χ0n) is 16.6. The van der Waals surface area contributed by atoms with Gasteiger partial charge in [-0.05, 0) is 24.6 Å². The molecule has 9 nitrogen and oxygen atoms in total. The average molecular weight is 439 g/mol. The number of alkyl halides is 3. The Bertz CT molecular complexity index is 1050. The third-order valence-electron chi connectivity index (χ3n) is 4.93. The fourth-order valence-electron chi connectivity index (χ4n) is 3.36. The number of benzene rings is 1. The van der Waals surface area contributed by atoms with E-state index < -0.39 is 22.4 Å². The number of nitro groups is 1. The van der Waals surface area contributed by atoms with E-state index in [-0.39, 0.29) is 49.0 Å². The monoisotopic (exact) mass is 439 g/mol. The molecule has 3 rings (SSSR count). The second-order valence-electron chi connectivity index (χ2n) is 7.02. The Labute approximate surface area is 174 Å². The van der Waals surface area contributed by atoms with Gasteiger partial charge in [-0.25, -0.2) is 4.68 Å². The normalized spacial score (nSPS) is 14.6. The van der Waals surface area contributed by atoms with E-state index >= 15 is 0 Å². The van der Waals surface area contributed by atoms with Gasteiger partial charge in [0.25, 0.3) is 17.2 Å².